The van der Waals surface area contributed by atoms with Crippen molar-refractivity contribution in [2.24, 2.45) is 28.7 Å². The monoisotopic (exact) mass is 1150 g/mol. The number of aliphatic hydroxyl groups is 2. The number of aliphatic hydroxyl groups excluding tert-OH is 2. The van der Waals surface area contributed by atoms with Gasteiger partial charge in [-0.25, -0.2) is 4.79 Å². The second-order valence-electron chi connectivity index (χ2n) is 19.1. The Bertz CT molecular complexity index is 2330. The van der Waals surface area contributed by atoms with E-state index in [2.05, 4.69) is 47.9 Å². The molecule has 0 aliphatic rings. The summed E-state index contributed by atoms with van der Waals surface area (Å²) >= 11 is 0. The van der Waals surface area contributed by atoms with Gasteiger partial charge in [-0.2, -0.15) is 0 Å². The van der Waals surface area contributed by atoms with Gasteiger partial charge in [0.05, 0.1) is 18.8 Å². The van der Waals surface area contributed by atoms with E-state index in [-0.39, 0.29) is 18.6 Å². The Morgan fingerprint density at radius 3 is 1.28 bits per heavy atom. The minimum atomic E-state index is -1.91. The van der Waals surface area contributed by atoms with E-state index in [1.54, 1.807) is 0 Å². The number of phenolic OH excluding ortho intramolecular Hbond substituents is 1. The topological polar surface area (TPSA) is 561 Å². The molecule has 1 aromatic rings. The van der Waals surface area contributed by atoms with Crippen molar-refractivity contribution in [3.63, 3.8) is 0 Å². The van der Waals surface area contributed by atoms with Gasteiger partial charge in [0.25, 0.3) is 0 Å². The molecule has 1 rings (SSSR count). The number of carbonyl (C=O) groups is 13. The number of carboxylic acids is 2. The number of rotatable bonds is 40. The van der Waals surface area contributed by atoms with Gasteiger partial charge in [-0.05, 0) is 103 Å². The van der Waals surface area contributed by atoms with E-state index in [1.807, 2.05) is 0 Å². The molecule has 1 aromatic carbocycles. The third-order valence-corrected chi connectivity index (χ3v) is 12.2. The van der Waals surface area contributed by atoms with Crippen molar-refractivity contribution in [1.29, 1.82) is 0 Å². The minimum Gasteiger partial charge on any atom is -0.508 e. The highest BCUT2D eigenvalue weighted by molar-refractivity contribution is 5.99. The molecule has 11 amide bonds. The van der Waals surface area contributed by atoms with Crippen LogP contribution in [0.1, 0.15) is 103 Å². The zero-order chi connectivity index (χ0) is 61.5. The second-order valence-corrected chi connectivity index (χ2v) is 19.1. The zero-order valence-electron chi connectivity index (χ0n) is 45.4. The van der Waals surface area contributed by atoms with Crippen molar-refractivity contribution < 1.29 is 87.9 Å². The van der Waals surface area contributed by atoms with Gasteiger partial charge in [0.1, 0.15) is 60.1 Å². The highest BCUT2D eigenvalue weighted by atomic mass is 16.4. The molecule has 454 valence electrons. The Morgan fingerprint density at radius 2 is 0.852 bits per heavy atom. The van der Waals surface area contributed by atoms with Gasteiger partial charge < -0.3 is 102 Å². The smallest absolute Gasteiger partial charge is 0.326 e. The number of amides is 11. The third-order valence-electron chi connectivity index (χ3n) is 12.2. The van der Waals surface area contributed by atoms with Crippen LogP contribution >= 0.6 is 0 Å². The van der Waals surface area contributed by atoms with Crippen LogP contribution in [-0.4, -0.2) is 189 Å². The number of carboxylic acid groups (broad SMARTS) is 2. The fourth-order valence-electron chi connectivity index (χ4n) is 7.41. The fraction of sp³-hybridized carbons (Fsp3) is 0.612. The zero-order valence-corrected chi connectivity index (χ0v) is 45.4. The largest absolute Gasteiger partial charge is 0.508 e. The van der Waals surface area contributed by atoms with Gasteiger partial charge >= 0.3 is 11.9 Å². The summed E-state index contributed by atoms with van der Waals surface area (Å²) in [4.78, 5) is 168. The van der Waals surface area contributed by atoms with Gasteiger partial charge in [-0.1, -0.05) is 18.6 Å². The first-order chi connectivity index (χ1) is 38.0. The number of nitrogens with one attached hydrogen (secondary N) is 9. The molecule has 32 heteroatoms. The van der Waals surface area contributed by atoms with Crippen LogP contribution in [0.15, 0.2) is 24.3 Å². The summed E-state index contributed by atoms with van der Waals surface area (Å²) in [5.74, 6) is -14.5. The molecule has 0 saturated carbocycles. The number of carbonyl (C=O) groups excluding carboxylic acids is 11. The minimum absolute atomic E-state index is 0.125. The van der Waals surface area contributed by atoms with E-state index < -0.39 is 189 Å². The Morgan fingerprint density at radius 1 is 0.469 bits per heavy atom. The van der Waals surface area contributed by atoms with Crippen molar-refractivity contribution in [3.05, 3.63) is 29.8 Å². The fourth-order valence-corrected chi connectivity index (χ4v) is 7.41. The lowest BCUT2D eigenvalue weighted by atomic mass is 10.0. The maximum absolute atomic E-state index is 13.7. The predicted molar refractivity (Wildman–Crippen MR) is 284 cm³/mol. The van der Waals surface area contributed by atoms with Gasteiger partial charge in [0, 0.05) is 25.7 Å². The predicted octanol–water partition coefficient (Wildman–Crippen LogP) is -7.22. The highest BCUT2D eigenvalue weighted by Crippen LogP contribution is 2.13. The number of phenols is 1. The molecular weight excluding hydrogens is 1070 g/mol. The molecule has 0 aromatic heterocycles. The first-order valence-electron chi connectivity index (χ1n) is 26.0. The summed E-state index contributed by atoms with van der Waals surface area (Å²) in [5, 5.41) is 70.0. The Balaban J connectivity index is 3.22. The van der Waals surface area contributed by atoms with Crippen LogP contribution in [0, 0.1) is 0 Å². The molecular formula is C49H80N14O18. The van der Waals surface area contributed by atoms with E-state index in [9.17, 15) is 87.9 Å². The lowest BCUT2D eigenvalue weighted by molar-refractivity contribution is -0.143. The quantitative estimate of drug-likeness (QED) is 0.0272. The van der Waals surface area contributed by atoms with Crippen LogP contribution < -0.4 is 76.5 Å². The maximum atomic E-state index is 13.7. The number of aliphatic carboxylic acids is 2. The van der Waals surface area contributed by atoms with Crippen LogP contribution in [0.3, 0.4) is 0 Å². The van der Waals surface area contributed by atoms with Gasteiger partial charge in [-0.3, -0.25) is 57.5 Å². The van der Waals surface area contributed by atoms with Gasteiger partial charge in [0.2, 0.25) is 65.0 Å². The lowest BCUT2D eigenvalue weighted by Gasteiger charge is -2.27. The Kier molecular flexibility index (Phi) is 32.4. The number of hydrogen-bond donors (Lipinski definition) is 19. The molecule has 0 aliphatic carbocycles. The number of hydrogen-bond acceptors (Lipinski definition) is 19. The molecule has 0 bridgehead atoms. The van der Waals surface area contributed by atoms with E-state index in [4.69, 9.17) is 28.7 Å². The Hall–Kier alpha value is -8.07. The molecule has 81 heavy (non-hydrogen) atoms. The molecule has 0 aliphatic heterocycles. The normalized spacial score (nSPS) is 15.1. The van der Waals surface area contributed by atoms with Crippen molar-refractivity contribution in [3.8, 4) is 5.75 Å². The van der Waals surface area contributed by atoms with Crippen molar-refractivity contribution >= 4 is 76.9 Å². The first kappa shape index (κ1) is 70.9. The average Bonchev–Trinajstić information content (AvgIpc) is 3.41. The van der Waals surface area contributed by atoms with E-state index in [1.165, 1.54) is 31.2 Å². The summed E-state index contributed by atoms with van der Waals surface area (Å²) < 4.78 is 0. The molecule has 11 unspecified atom stereocenters. The molecule has 24 N–H and O–H groups in total. The highest BCUT2D eigenvalue weighted by Gasteiger charge is 2.36. The molecule has 32 nitrogen and oxygen atoms in total. The van der Waals surface area contributed by atoms with Crippen molar-refractivity contribution in [1.82, 2.24) is 47.9 Å². The Labute approximate surface area is 466 Å². The maximum Gasteiger partial charge on any atom is 0.326 e. The van der Waals surface area contributed by atoms with Crippen LogP contribution in [-0.2, 0) is 68.7 Å². The van der Waals surface area contributed by atoms with E-state index >= 15 is 0 Å². The molecule has 11 atom stereocenters. The van der Waals surface area contributed by atoms with Gasteiger partial charge in [-0.15, -0.1) is 0 Å². The number of aromatic hydroxyl groups is 1. The van der Waals surface area contributed by atoms with Crippen LogP contribution in [0.25, 0.3) is 0 Å². The molecule has 0 heterocycles. The lowest BCUT2D eigenvalue weighted by Crippen LogP contribution is -2.61. The number of benzene rings is 1. The SMILES string of the molecule is CC(NC(=O)C(CCCCN)NC(=O)C(N)CCCCN)C(=O)NC(C(=O)NC(CCC(N)=O)C(=O)NC(C)C(=O)NC(CO)C(=O)NC(CCC(N)=O)C(=O)NC(CCC(=O)O)C(=O)NC(Cc1ccc(O)cc1)C(=O)O)C(C)O. The number of nitrogens with two attached hydrogens (primary N) is 5. The first-order valence-corrected chi connectivity index (χ1v) is 26.0. The van der Waals surface area contributed by atoms with Gasteiger partial charge in [0.15, 0.2) is 0 Å². The van der Waals surface area contributed by atoms with Crippen LogP contribution in [0.2, 0.25) is 0 Å². The van der Waals surface area contributed by atoms with E-state index in [0.717, 1.165) is 13.8 Å². The van der Waals surface area contributed by atoms with Crippen LogP contribution in [0.4, 0.5) is 0 Å². The third kappa shape index (κ3) is 27.6. The summed E-state index contributed by atoms with van der Waals surface area (Å²) in [6.07, 6.45) is -2.93. The van der Waals surface area contributed by atoms with Crippen molar-refractivity contribution in [2.75, 3.05) is 19.7 Å². The van der Waals surface area contributed by atoms with Crippen LogP contribution in [0.5, 0.6) is 5.75 Å². The summed E-state index contributed by atoms with van der Waals surface area (Å²) in [5.41, 5.74) is 28.0. The molecule has 0 saturated heterocycles. The van der Waals surface area contributed by atoms with Crippen molar-refractivity contribution in [2.45, 2.75) is 171 Å². The number of primary amides is 2. The summed E-state index contributed by atoms with van der Waals surface area (Å²) in [7, 11) is 0. The standard InChI is InChI=1S/C49H80N14O18/c1-24(40(71)62-35(23-64)47(78)59-32(15-18-37(54)68)45(76)58-33(16-19-38(69)70)46(77)61-34(49(80)81)22-27-10-12-28(66)13-11-27)55-44(75)31(14-17-36(53)67)60-48(79)39(26(3)65)63-41(72)25(2)56-43(74)30(9-5-7-21-51)57-42(73)29(52)8-4-6-20-50/h10-13,24-26,29-35,39,64-66H,4-9,14-23,50-52H2,1-3H3,(H2,53,67)(H2,54,68)(H,55,75)(H,56,74)(H,57,73)(H,58,76)(H,59,78)(H,60,79)(H,61,77)(H,62,71)(H,63,72)(H,69,70)(H,80,81). The molecule has 0 fully saturated rings. The second kappa shape index (κ2) is 37.0. The molecule has 0 radical (unpaired) electrons. The van der Waals surface area contributed by atoms with E-state index in [0.29, 0.717) is 50.8 Å². The molecule has 0 spiro atoms. The summed E-state index contributed by atoms with van der Waals surface area (Å²) in [6.45, 7) is 2.98. The average molecular weight is 1150 g/mol. The number of unbranched alkanes of at least 4 members (excludes halogenated alkanes) is 2. The summed E-state index contributed by atoms with van der Waals surface area (Å²) in [6, 6.07) is -10.4.